The van der Waals surface area contributed by atoms with Crippen molar-refractivity contribution in [1.29, 1.82) is 0 Å². The number of anilines is 1. The van der Waals surface area contributed by atoms with Crippen molar-refractivity contribution in [1.82, 2.24) is 0 Å². The Morgan fingerprint density at radius 1 is 1.07 bits per heavy atom. The van der Waals surface area contributed by atoms with Crippen molar-refractivity contribution in [3.63, 3.8) is 0 Å². The van der Waals surface area contributed by atoms with Crippen LogP contribution in [0.4, 0.5) is 5.69 Å². The van der Waals surface area contributed by atoms with Gasteiger partial charge in [-0.3, -0.25) is 4.79 Å². The fourth-order valence-electron chi connectivity index (χ4n) is 4.17. The first kappa shape index (κ1) is 20.6. The number of nitrogens with zero attached hydrogens (tertiary/aromatic N) is 1. The molecule has 3 nitrogen and oxygen atoms in total. The fourth-order valence-corrected chi connectivity index (χ4v) is 4.17. The van der Waals surface area contributed by atoms with Gasteiger partial charge in [-0.25, -0.2) is 0 Å². The smallest absolute Gasteiger partial charge is 0.259 e. The third kappa shape index (κ3) is 4.00. The minimum absolute atomic E-state index is 0.0573. The molecule has 1 amide bonds. The summed E-state index contributed by atoms with van der Waals surface area (Å²) >= 11 is 0. The zero-order chi connectivity index (χ0) is 20.3. The van der Waals surface area contributed by atoms with Crippen LogP contribution in [0.15, 0.2) is 42.5 Å². The molecule has 1 aliphatic heterocycles. The topological polar surface area (TPSA) is 29.5 Å². The van der Waals surface area contributed by atoms with Gasteiger partial charge in [-0.2, -0.15) is 0 Å². The Kier molecular flexibility index (Phi) is 6.24. The van der Waals surface area contributed by atoms with Crippen molar-refractivity contribution >= 4 is 11.6 Å². The molecule has 2 aromatic carbocycles. The predicted octanol–water partition coefficient (Wildman–Crippen LogP) is 6.38. The number of rotatable bonds is 8. The zero-order valence-corrected chi connectivity index (χ0v) is 17.9. The van der Waals surface area contributed by atoms with E-state index in [0.717, 1.165) is 42.5 Å². The van der Waals surface area contributed by atoms with Gasteiger partial charge in [0, 0.05) is 18.4 Å². The number of aryl methyl sites for hydroxylation is 2. The van der Waals surface area contributed by atoms with Gasteiger partial charge in [0.15, 0.2) is 0 Å². The van der Waals surface area contributed by atoms with Crippen LogP contribution in [-0.4, -0.2) is 18.6 Å². The van der Waals surface area contributed by atoms with Crippen LogP contribution in [0.2, 0.25) is 0 Å². The lowest BCUT2D eigenvalue weighted by atomic mass is 9.89. The molecule has 1 aliphatic rings. The van der Waals surface area contributed by atoms with Crippen molar-refractivity contribution in [2.45, 2.75) is 71.4 Å². The van der Waals surface area contributed by atoms with Crippen LogP contribution in [0.1, 0.15) is 79.0 Å². The first-order valence-corrected chi connectivity index (χ1v) is 10.4. The highest BCUT2D eigenvalue weighted by molar-refractivity contribution is 6.11. The van der Waals surface area contributed by atoms with Gasteiger partial charge in [-0.15, -0.1) is 0 Å². The summed E-state index contributed by atoms with van der Waals surface area (Å²) in [4.78, 5) is 15.3. The molecule has 2 unspecified atom stereocenters. The zero-order valence-electron chi connectivity index (χ0n) is 17.9. The summed E-state index contributed by atoms with van der Waals surface area (Å²) in [6.07, 6.45) is 5.19. The molecule has 0 radical (unpaired) electrons. The summed E-state index contributed by atoms with van der Waals surface area (Å²) < 4.78 is 5.89. The number of unbranched alkanes of at least 4 members (excludes halogenated alkanes) is 1. The van der Waals surface area contributed by atoms with Crippen molar-refractivity contribution < 1.29 is 9.53 Å². The molecule has 2 atom stereocenters. The second kappa shape index (κ2) is 8.48. The first-order valence-electron chi connectivity index (χ1n) is 10.4. The monoisotopic (exact) mass is 379 g/mol. The van der Waals surface area contributed by atoms with Gasteiger partial charge in [-0.1, -0.05) is 44.0 Å². The largest absolute Gasteiger partial charge is 0.379 e. The van der Waals surface area contributed by atoms with Crippen LogP contribution in [0.5, 0.6) is 0 Å². The van der Waals surface area contributed by atoms with Gasteiger partial charge in [0.1, 0.15) is 0 Å². The number of hydrogen-bond donors (Lipinski definition) is 0. The number of hydrogen-bond acceptors (Lipinski definition) is 2. The molecular weight excluding hydrogens is 346 g/mol. The van der Waals surface area contributed by atoms with Crippen molar-refractivity contribution in [3.05, 3.63) is 64.7 Å². The number of carbonyl (C=O) groups excluding carboxylic acids is 1. The minimum atomic E-state index is -0.147. The minimum Gasteiger partial charge on any atom is -0.379 e. The molecule has 2 aromatic rings. The summed E-state index contributed by atoms with van der Waals surface area (Å²) in [5.74, 6) is 0.108. The van der Waals surface area contributed by atoms with Crippen LogP contribution in [-0.2, 0) is 4.74 Å². The summed E-state index contributed by atoms with van der Waals surface area (Å²) in [5, 5.41) is 0. The van der Waals surface area contributed by atoms with Crippen molar-refractivity contribution in [2.75, 3.05) is 12.0 Å². The van der Waals surface area contributed by atoms with E-state index in [-0.39, 0.29) is 17.6 Å². The average Bonchev–Trinajstić information content (AvgIpc) is 2.99. The first-order chi connectivity index (χ1) is 13.4. The molecule has 0 saturated heterocycles. The number of benzene rings is 2. The third-order valence-electron chi connectivity index (χ3n) is 6.35. The molecule has 150 valence electrons. The van der Waals surface area contributed by atoms with Crippen molar-refractivity contribution in [2.24, 2.45) is 0 Å². The second-order valence-corrected chi connectivity index (χ2v) is 8.34. The van der Waals surface area contributed by atoms with E-state index in [9.17, 15) is 4.79 Å². The summed E-state index contributed by atoms with van der Waals surface area (Å²) in [6.45, 7) is 8.62. The summed E-state index contributed by atoms with van der Waals surface area (Å²) in [6, 6.07) is 14.4. The van der Waals surface area contributed by atoms with Gasteiger partial charge < -0.3 is 9.64 Å². The number of ether oxygens (including phenoxy) is 1. The normalized spacial score (nSPS) is 18.2. The maximum absolute atomic E-state index is 13.3. The Morgan fingerprint density at radius 2 is 1.82 bits per heavy atom. The molecule has 0 saturated carbocycles. The summed E-state index contributed by atoms with van der Waals surface area (Å²) in [5.41, 5.74) is 5.27. The molecule has 0 aromatic heterocycles. The average molecular weight is 380 g/mol. The fraction of sp³-hybridized carbons (Fsp3) is 0.480. The SMILES string of the molecule is CCCCC(C)(CCC1c2ccccc2C(=O)N1c1ccc(C)c(C)c1)OC. The quantitative estimate of drug-likeness (QED) is 0.532. The maximum Gasteiger partial charge on any atom is 0.259 e. The highest BCUT2D eigenvalue weighted by atomic mass is 16.5. The molecule has 28 heavy (non-hydrogen) atoms. The van der Waals surface area contributed by atoms with Gasteiger partial charge in [-0.05, 0) is 74.9 Å². The molecular formula is C25H33NO2. The van der Waals surface area contributed by atoms with E-state index in [1.54, 1.807) is 0 Å². The van der Waals surface area contributed by atoms with Crippen LogP contribution in [0.3, 0.4) is 0 Å². The van der Waals surface area contributed by atoms with Crippen molar-refractivity contribution in [3.8, 4) is 0 Å². The van der Waals surface area contributed by atoms with Gasteiger partial charge in [0.2, 0.25) is 0 Å². The molecule has 0 aliphatic carbocycles. The maximum atomic E-state index is 13.3. The van der Waals surface area contributed by atoms with E-state index in [0.29, 0.717) is 0 Å². The Labute approximate surface area is 169 Å². The van der Waals surface area contributed by atoms with Crippen LogP contribution < -0.4 is 4.90 Å². The number of methoxy groups -OCH3 is 1. The predicted molar refractivity (Wildman–Crippen MR) is 116 cm³/mol. The van der Waals surface area contributed by atoms with E-state index < -0.39 is 0 Å². The molecule has 0 bridgehead atoms. The summed E-state index contributed by atoms with van der Waals surface area (Å²) in [7, 11) is 1.81. The Balaban J connectivity index is 1.92. The van der Waals surface area contributed by atoms with E-state index in [1.807, 2.05) is 30.2 Å². The number of carbonyl (C=O) groups is 1. The van der Waals surface area contributed by atoms with E-state index in [4.69, 9.17) is 4.74 Å². The van der Waals surface area contributed by atoms with E-state index in [2.05, 4.69) is 52.0 Å². The Morgan fingerprint density at radius 3 is 2.50 bits per heavy atom. The lowest BCUT2D eigenvalue weighted by Gasteiger charge is -2.32. The lowest BCUT2D eigenvalue weighted by molar-refractivity contribution is -0.0125. The van der Waals surface area contributed by atoms with Crippen LogP contribution in [0, 0.1) is 13.8 Å². The lowest BCUT2D eigenvalue weighted by Crippen LogP contribution is -2.32. The third-order valence-corrected chi connectivity index (χ3v) is 6.35. The molecule has 3 heteroatoms. The molecule has 0 N–H and O–H groups in total. The van der Waals surface area contributed by atoms with Gasteiger partial charge >= 0.3 is 0 Å². The molecule has 3 rings (SSSR count). The number of fused-ring (bicyclic) bond motifs is 1. The van der Waals surface area contributed by atoms with E-state index >= 15 is 0 Å². The second-order valence-electron chi connectivity index (χ2n) is 8.34. The number of amides is 1. The molecule has 1 heterocycles. The van der Waals surface area contributed by atoms with Crippen LogP contribution in [0.25, 0.3) is 0 Å². The highest BCUT2D eigenvalue weighted by Crippen LogP contribution is 2.42. The standard InChI is InChI=1S/C25H33NO2/c1-6-7-15-25(4,28-5)16-14-23-21-10-8-9-11-22(21)24(27)26(23)20-13-12-18(2)19(3)17-20/h8-13,17,23H,6-7,14-16H2,1-5H3. The van der Waals surface area contributed by atoms with Gasteiger partial charge in [0.05, 0.1) is 11.6 Å². The molecule has 0 spiro atoms. The van der Waals surface area contributed by atoms with Gasteiger partial charge in [0.25, 0.3) is 5.91 Å². The Bertz CT molecular complexity index is 844. The van der Waals surface area contributed by atoms with E-state index in [1.165, 1.54) is 17.5 Å². The Hall–Kier alpha value is -2.13. The van der Waals surface area contributed by atoms with Crippen LogP contribution >= 0.6 is 0 Å². The highest BCUT2D eigenvalue weighted by Gasteiger charge is 2.38. The molecule has 0 fully saturated rings.